The lowest BCUT2D eigenvalue weighted by Gasteiger charge is -2.20. The Balaban J connectivity index is 1.79. The van der Waals surface area contributed by atoms with Crippen molar-refractivity contribution in [3.8, 4) is 0 Å². The van der Waals surface area contributed by atoms with E-state index < -0.39 is 0 Å². The molecule has 18 heavy (non-hydrogen) atoms. The van der Waals surface area contributed by atoms with Crippen LogP contribution in [0.15, 0.2) is 30.7 Å². The Labute approximate surface area is 104 Å². The van der Waals surface area contributed by atoms with E-state index in [1.807, 2.05) is 23.1 Å². The van der Waals surface area contributed by atoms with Crippen LogP contribution >= 0.6 is 0 Å². The monoisotopic (exact) mass is 243 g/mol. The molecular weight excluding hydrogens is 230 g/mol. The van der Waals surface area contributed by atoms with Gasteiger partial charge >= 0.3 is 0 Å². The Morgan fingerprint density at radius 1 is 1.39 bits per heavy atom. The second-order valence-electron chi connectivity index (χ2n) is 4.32. The summed E-state index contributed by atoms with van der Waals surface area (Å²) in [4.78, 5) is 22.2. The van der Waals surface area contributed by atoms with Crippen molar-refractivity contribution in [2.24, 2.45) is 0 Å². The Hall–Kier alpha value is -2.24. The first-order chi connectivity index (χ1) is 8.84. The molecular formula is C12H13N5O. The zero-order chi connectivity index (χ0) is 12.4. The number of pyridine rings is 1. The molecule has 2 aromatic heterocycles. The van der Waals surface area contributed by atoms with Crippen molar-refractivity contribution in [3.05, 3.63) is 42.2 Å². The second kappa shape index (κ2) is 4.56. The number of aromatic nitrogens is 4. The fourth-order valence-corrected chi connectivity index (χ4v) is 1.86. The summed E-state index contributed by atoms with van der Waals surface area (Å²) in [6, 6.07) is 6.02. The van der Waals surface area contributed by atoms with Crippen LogP contribution in [0.25, 0.3) is 0 Å². The van der Waals surface area contributed by atoms with Crippen molar-refractivity contribution < 1.29 is 4.79 Å². The molecule has 3 rings (SSSR count). The Bertz CT molecular complexity index is 521. The number of carbonyl (C=O) groups is 1. The molecule has 1 aliphatic carbocycles. The van der Waals surface area contributed by atoms with Gasteiger partial charge in [-0.15, -0.1) is 0 Å². The van der Waals surface area contributed by atoms with Gasteiger partial charge in [0.15, 0.2) is 0 Å². The largest absolute Gasteiger partial charge is 0.327 e. The van der Waals surface area contributed by atoms with E-state index in [1.165, 1.54) is 6.33 Å². The lowest BCUT2D eigenvalue weighted by atomic mass is 10.3. The minimum Gasteiger partial charge on any atom is -0.327 e. The molecule has 0 radical (unpaired) electrons. The summed E-state index contributed by atoms with van der Waals surface area (Å²) in [6.07, 6.45) is 5.18. The maximum absolute atomic E-state index is 12.3. The number of hydrogen-bond acceptors (Lipinski definition) is 4. The number of H-pyrrole nitrogens is 1. The van der Waals surface area contributed by atoms with E-state index in [4.69, 9.17) is 0 Å². The van der Waals surface area contributed by atoms with Gasteiger partial charge in [0.2, 0.25) is 5.82 Å². The first kappa shape index (κ1) is 10.9. The smallest absolute Gasteiger partial charge is 0.291 e. The molecule has 0 unspecified atom stereocenters. The van der Waals surface area contributed by atoms with Gasteiger partial charge in [-0.25, -0.2) is 4.98 Å². The van der Waals surface area contributed by atoms with Gasteiger partial charge in [0.05, 0.1) is 12.2 Å². The minimum absolute atomic E-state index is 0.111. The Kier molecular flexibility index (Phi) is 2.76. The first-order valence-corrected chi connectivity index (χ1v) is 5.91. The van der Waals surface area contributed by atoms with Gasteiger partial charge in [-0.3, -0.25) is 14.9 Å². The third-order valence-corrected chi connectivity index (χ3v) is 2.92. The summed E-state index contributed by atoms with van der Waals surface area (Å²) in [6.45, 7) is 0.519. The second-order valence-corrected chi connectivity index (χ2v) is 4.32. The van der Waals surface area contributed by atoms with E-state index in [0.717, 1.165) is 18.5 Å². The maximum Gasteiger partial charge on any atom is 0.291 e. The predicted octanol–water partition coefficient (Wildman–Crippen LogP) is 1.00. The lowest BCUT2D eigenvalue weighted by Crippen LogP contribution is -2.33. The summed E-state index contributed by atoms with van der Waals surface area (Å²) < 4.78 is 0. The molecule has 1 fully saturated rings. The van der Waals surface area contributed by atoms with Crippen molar-refractivity contribution in [3.63, 3.8) is 0 Å². The van der Waals surface area contributed by atoms with Gasteiger partial charge in [0, 0.05) is 12.2 Å². The molecule has 1 amide bonds. The number of nitrogens with zero attached hydrogens (tertiary/aromatic N) is 4. The summed E-state index contributed by atoms with van der Waals surface area (Å²) in [5.74, 6) is 0.179. The van der Waals surface area contributed by atoms with Crippen molar-refractivity contribution in [1.29, 1.82) is 0 Å². The Morgan fingerprint density at radius 3 is 2.89 bits per heavy atom. The summed E-state index contributed by atoms with van der Waals surface area (Å²) in [7, 11) is 0. The molecule has 6 heteroatoms. The standard InChI is InChI=1S/C12H13N5O/c18-12(11-14-8-15-16-11)17(10-4-5-10)7-9-3-1-2-6-13-9/h1-3,6,8,10H,4-5,7H2,(H,14,15,16). The molecule has 92 valence electrons. The number of hydrogen-bond donors (Lipinski definition) is 1. The molecule has 0 saturated heterocycles. The van der Waals surface area contributed by atoms with E-state index in [0.29, 0.717) is 12.6 Å². The van der Waals surface area contributed by atoms with Crippen LogP contribution < -0.4 is 0 Å². The highest BCUT2D eigenvalue weighted by atomic mass is 16.2. The number of nitrogens with one attached hydrogen (secondary N) is 1. The van der Waals surface area contributed by atoms with Gasteiger partial charge in [-0.05, 0) is 25.0 Å². The fraction of sp³-hybridized carbons (Fsp3) is 0.333. The average molecular weight is 243 g/mol. The van der Waals surface area contributed by atoms with Gasteiger partial charge in [-0.1, -0.05) is 6.07 Å². The molecule has 1 N–H and O–H groups in total. The van der Waals surface area contributed by atoms with Gasteiger partial charge in [-0.2, -0.15) is 5.10 Å². The van der Waals surface area contributed by atoms with E-state index in [-0.39, 0.29) is 11.7 Å². The van der Waals surface area contributed by atoms with Crippen molar-refractivity contribution in [1.82, 2.24) is 25.1 Å². The van der Waals surface area contributed by atoms with Crippen molar-refractivity contribution in [2.45, 2.75) is 25.4 Å². The van der Waals surface area contributed by atoms with Crippen LogP contribution in [0.3, 0.4) is 0 Å². The summed E-state index contributed by atoms with van der Waals surface area (Å²) in [5, 5.41) is 6.33. The highest BCUT2D eigenvalue weighted by Crippen LogP contribution is 2.28. The van der Waals surface area contributed by atoms with E-state index in [9.17, 15) is 4.79 Å². The van der Waals surface area contributed by atoms with Gasteiger partial charge in [0.25, 0.3) is 5.91 Å². The number of carbonyl (C=O) groups excluding carboxylic acids is 1. The van der Waals surface area contributed by atoms with Gasteiger partial charge < -0.3 is 4.90 Å². The van der Waals surface area contributed by atoms with E-state index >= 15 is 0 Å². The quantitative estimate of drug-likeness (QED) is 0.869. The fourth-order valence-electron chi connectivity index (χ4n) is 1.86. The third kappa shape index (κ3) is 2.22. The molecule has 0 aromatic carbocycles. The third-order valence-electron chi connectivity index (χ3n) is 2.92. The molecule has 0 aliphatic heterocycles. The molecule has 2 aromatic rings. The molecule has 1 saturated carbocycles. The molecule has 6 nitrogen and oxygen atoms in total. The maximum atomic E-state index is 12.3. The van der Waals surface area contributed by atoms with Gasteiger partial charge in [0.1, 0.15) is 6.33 Å². The SMILES string of the molecule is O=C(c1ncn[nH]1)N(Cc1ccccn1)C1CC1. The molecule has 0 atom stereocenters. The zero-order valence-corrected chi connectivity index (χ0v) is 9.78. The summed E-state index contributed by atoms with van der Waals surface area (Å²) >= 11 is 0. The van der Waals surface area contributed by atoms with Crippen LogP contribution in [0.2, 0.25) is 0 Å². The van der Waals surface area contributed by atoms with Crippen LogP contribution in [0.1, 0.15) is 29.2 Å². The zero-order valence-electron chi connectivity index (χ0n) is 9.78. The normalized spacial score (nSPS) is 14.4. The van der Waals surface area contributed by atoms with Crippen LogP contribution in [0.4, 0.5) is 0 Å². The lowest BCUT2D eigenvalue weighted by molar-refractivity contribution is 0.0715. The average Bonchev–Trinajstić information content (AvgIpc) is 3.10. The molecule has 2 heterocycles. The van der Waals surface area contributed by atoms with Crippen LogP contribution in [0, 0.1) is 0 Å². The van der Waals surface area contributed by atoms with Crippen molar-refractivity contribution in [2.75, 3.05) is 0 Å². The summed E-state index contributed by atoms with van der Waals surface area (Å²) in [5.41, 5.74) is 0.886. The topological polar surface area (TPSA) is 74.8 Å². The number of aromatic amines is 1. The minimum atomic E-state index is -0.111. The van der Waals surface area contributed by atoms with E-state index in [1.54, 1.807) is 6.20 Å². The Morgan fingerprint density at radius 2 is 2.28 bits per heavy atom. The molecule has 1 aliphatic rings. The van der Waals surface area contributed by atoms with E-state index in [2.05, 4.69) is 20.2 Å². The highest BCUT2D eigenvalue weighted by molar-refractivity contribution is 5.90. The predicted molar refractivity (Wildman–Crippen MR) is 63.5 cm³/mol. The van der Waals surface area contributed by atoms with Crippen molar-refractivity contribution >= 4 is 5.91 Å². The van der Waals surface area contributed by atoms with Crippen LogP contribution in [-0.2, 0) is 6.54 Å². The molecule has 0 spiro atoms. The number of amides is 1. The first-order valence-electron chi connectivity index (χ1n) is 5.91. The molecule has 0 bridgehead atoms. The highest BCUT2D eigenvalue weighted by Gasteiger charge is 2.34. The van der Waals surface area contributed by atoms with Crippen LogP contribution in [0.5, 0.6) is 0 Å². The number of rotatable bonds is 4. The van der Waals surface area contributed by atoms with Crippen LogP contribution in [-0.4, -0.2) is 37.0 Å².